The summed E-state index contributed by atoms with van der Waals surface area (Å²) in [5, 5.41) is 2.49. The molecule has 2 N–H and O–H groups in total. The van der Waals surface area contributed by atoms with Crippen molar-refractivity contribution < 1.29 is 17.9 Å². The first-order valence-corrected chi connectivity index (χ1v) is 9.86. The second-order valence-electron chi connectivity index (χ2n) is 5.91. The lowest BCUT2D eigenvalue weighted by Crippen LogP contribution is -2.33. The van der Waals surface area contributed by atoms with E-state index in [0.717, 1.165) is 17.5 Å². The van der Waals surface area contributed by atoms with Gasteiger partial charge in [-0.3, -0.25) is 9.52 Å². The van der Waals surface area contributed by atoms with Gasteiger partial charge in [0.15, 0.2) is 6.10 Å². The maximum absolute atomic E-state index is 12.7. The highest BCUT2D eigenvalue weighted by Crippen LogP contribution is 2.25. The van der Waals surface area contributed by atoms with E-state index in [1.165, 1.54) is 31.3 Å². The standard InChI is InChI=1S/C19H24N2O4S/c1-5-15-8-6-7-13(2)18(15)21-26(23,24)17-11-9-16(10-12-17)25-14(3)19(22)20-4/h6-12,14,21H,5H2,1-4H3,(H,20,22)/t14-/m1/s1. The average molecular weight is 376 g/mol. The normalized spacial score (nSPS) is 12.3. The van der Waals surface area contributed by atoms with Gasteiger partial charge in [-0.15, -0.1) is 0 Å². The summed E-state index contributed by atoms with van der Waals surface area (Å²) in [6.07, 6.45) is 0.0589. The van der Waals surface area contributed by atoms with Gasteiger partial charge in [0, 0.05) is 7.05 Å². The molecule has 1 amide bonds. The van der Waals surface area contributed by atoms with Crippen LogP contribution in [-0.2, 0) is 21.2 Å². The number of anilines is 1. The molecule has 140 valence electrons. The van der Waals surface area contributed by atoms with Crippen LogP contribution in [0.5, 0.6) is 5.75 Å². The largest absolute Gasteiger partial charge is 0.481 e. The highest BCUT2D eigenvalue weighted by molar-refractivity contribution is 7.92. The van der Waals surface area contributed by atoms with E-state index in [1.54, 1.807) is 6.92 Å². The lowest BCUT2D eigenvalue weighted by Gasteiger charge is -2.15. The van der Waals surface area contributed by atoms with Crippen LogP contribution in [0.1, 0.15) is 25.0 Å². The zero-order chi connectivity index (χ0) is 19.3. The lowest BCUT2D eigenvalue weighted by molar-refractivity contribution is -0.126. The highest BCUT2D eigenvalue weighted by atomic mass is 32.2. The Hall–Kier alpha value is -2.54. The maximum Gasteiger partial charge on any atom is 0.261 e. The summed E-state index contributed by atoms with van der Waals surface area (Å²) in [6, 6.07) is 11.7. The third-order valence-corrected chi connectivity index (χ3v) is 5.40. The van der Waals surface area contributed by atoms with Crippen LogP contribution < -0.4 is 14.8 Å². The Morgan fingerprint density at radius 2 is 1.81 bits per heavy atom. The number of likely N-dealkylation sites (N-methyl/N-ethyl adjacent to an activating group) is 1. The van der Waals surface area contributed by atoms with Crippen molar-refractivity contribution in [1.82, 2.24) is 5.32 Å². The summed E-state index contributed by atoms with van der Waals surface area (Å²) >= 11 is 0. The molecular formula is C19H24N2O4S. The minimum absolute atomic E-state index is 0.128. The van der Waals surface area contributed by atoms with E-state index in [0.29, 0.717) is 11.4 Å². The first kappa shape index (κ1) is 19.8. The molecule has 7 heteroatoms. The Kier molecular flexibility index (Phi) is 6.26. The Bertz CT molecular complexity index is 877. The van der Waals surface area contributed by atoms with E-state index >= 15 is 0 Å². The van der Waals surface area contributed by atoms with Gasteiger partial charge in [-0.1, -0.05) is 25.1 Å². The number of ether oxygens (including phenoxy) is 1. The molecule has 26 heavy (non-hydrogen) atoms. The molecule has 0 aliphatic heterocycles. The van der Waals surface area contributed by atoms with Crippen LogP contribution in [-0.4, -0.2) is 27.5 Å². The molecule has 0 saturated heterocycles. The fourth-order valence-corrected chi connectivity index (χ4v) is 3.69. The molecule has 0 aromatic heterocycles. The molecule has 0 aliphatic carbocycles. The quantitative estimate of drug-likeness (QED) is 0.778. The van der Waals surface area contributed by atoms with Crippen LogP contribution in [0.2, 0.25) is 0 Å². The number of carbonyl (C=O) groups is 1. The van der Waals surface area contributed by atoms with Gasteiger partial charge in [-0.25, -0.2) is 8.42 Å². The lowest BCUT2D eigenvalue weighted by atomic mass is 10.1. The Balaban J connectivity index is 2.21. The van der Waals surface area contributed by atoms with Crippen molar-refractivity contribution >= 4 is 21.6 Å². The molecule has 2 aromatic carbocycles. The van der Waals surface area contributed by atoms with Gasteiger partial charge in [0.25, 0.3) is 15.9 Å². The molecule has 0 fully saturated rings. The minimum Gasteiger partial charge on any atom is -0.481 e. The molecule has 1 atom stereocenters. The van der Waals surface area contributed by atoms with Crippen LogP contribution in [0.15, 0.2) is 47.4 Å². The molecule has 2 aromatic rings. The van der Waals surface area contributed by atoms with Crippen molar-refractivity contribution in [3.63, 3.8) is 0 Å². The summed E-state index contributed by atoms with van der Waals surface area (Å²) in [5.41, 5.74) is 2.42. The Labute approximate surface area is 154 Å². The van der Waals surface area contributed by atoms with Crippen LogP contribution >= 0.6 is 0 Å². The number of hydrogen-bond acceptors (Lipinski definition) is 4. The molecule has 2 rings (SSSR count). The van der Waals surface area contributed by atoms with Crippen molar-refractivity contribution in [3.05, 3.63) is 53.6 Å². The fraction of sp³-hybridized carbons (Fsp3) is 0.316. The number of hydrogen-bond donors (Lipinski definition) is 2. The second kappa shape index (κ2) is 8.23. The number of aryl methyl sites for hydroxylation is 2. The predicted molar refractivity (Wildman–Crippen MR) is 102 cm³/mol. The average Bonchev–Trinajstić information content (AvgIpc) is 2.63. The minimum atomic E-state index is -3.72. The fourth-order valence-electron chi connectivity index (χ4n) is 2.52. The van der Waals surface area contributed by atoms with Gasteiger partial charge in [0.1, 0.15) is 5.75 Å². The number of sulfonamides is 1. The number of carbonyl (C=O) groups excluding carboxylic acids is 1. The summed E-state index contributed by atoms with van der Waals surface area (Å²) in [4.78, 5) is 11.6. The first-order chi connectivity index (χ1) is 12.3. The van der Waals surface area contributed by atoms with Gasteiger partial charge in [-0.05, 0) is 55.7 Å². The highest BCUT2D eigenvalue weighted by Gasteiger charge is 2.18. The molecule has 0 unspecified atom stereocenters. The van der Waals surface area contributed by atoms with Crippen molar-refractivity contribution in [1.29, 1.82) is 0 Å². The van der Waals surface area contributed by atoms with Gasteiger partial charge in [-0.2, -0.15) is 0 Å². The number of benzene rings is 2. The smallest absolute Gasteiger partial charge is 0.261 e. The van der Waals surface area contributed by atoms with Crippen molar-refractivity contribution in [3.8, 4) is 5.75 Å². The molecule has 6 nitrogen and oxygen atoms in total. The summed E-state index contributed by atoms with van der Waals surface area (Å²) in [6.45, 7) is 5.47. The van der Waals surface area contributed by atoms with Gasteiger partial charge in [0.2, 0.25) is 0 Å². The van der Waals surface area contributed by atoms with E-state index in [-0.39, 0.29) is 10.8 Å². The van der Waals surface area contributed by atoms with Crippen molar-refractivity contribution in [2.75, 3.05) is 11.8 Å². The van der Waals surface area contributed by atoms with Crippen LogP contribution in [0.25, 0.3) is 0 Å². The number of para-hydroxylation sites is 1. The number of amides is 1. The first-order valence-electron chi connectivity index (χ1n) is 8.38. The molecule has 0 radical (unpaired) electrons. The molecular weight excluding hydrogens is 352 g/mol. The monoisotopic (exact) mass is 376 g/mol. The van der Waals surface area contributed by atoms with Crippen LogP contribution in [0, 0.1) is 6.92 Å². The Morgan fingerprint density at radius 1 is 1.15 bits per heavy atom. The van der Waals surface area contributed by atoms with Gasteiger partial charge < -0.3 is 10.1 Å². The number of rotatable bonds is 7. The maximum atomic E-state index is 12.7. The zero-order valence-electron chi connectivity index (χ0n) is 15.4. The van der Waals surface area contributed by atoms with Crippen LogP contribution in [0.4, 0.5) is 5.69 Å². The third kappa shape index (κ3) is 4.54. The predicted octanol–water partition coefficient (Wildman–Crippen LogP) is 2.87. The molecule has 0 spiro atoms. The van der Waals surface area contributed by atoms with E-state index < -0.39 is 16.1 Å². The van der Waals surface area contributed by atoms with Gasteiger partial charge in [0.05, 0.1) is 10.6 Å². The van der Waals surface area contributed by atoms with Gasteiger partial charge >= 0.3 is 0 Å². The van der Waals surface area contributed by atoms with Crippen molar-refractivity contribution in [2.45, 2.75) is 38.2 Å². The number of nitrogens with one attached hydrogen (secondary N) is 2. The zero-order valence-corrected chi connectivity index (χ0v) is 16.2. The molecule has 0 saturated carbocycles. The van der Waals surface area contributed by atoms with Crippen LogP contribution in [0.3, 0.4) is 0 Å². The summed E-state index contributed by atoms with van der Waals surface area (Å²) < 4.78 is 33.5. The third-order valence-electron chi connectivity index (χ3n) is 4.04. The molecule has 0 aliphatic rings. The van der Waals surface area contributed by atoms with Crippen molar-refractivity contribution in [2.24, 2.45) is 0 Å². The van der Waals surface area contributed by atoms with E-state index in [4.69, 9.17) is 4.74 Å². The summed E-state index contributed by atoms with van der Waals surface area (Å²) in [5.74, 6) is 0.167. The van der Waals surface area contributed by atoms with E-state index in [1.807, 2.05) is 32.0 Å². The topological polar surface area (TPSA) is 84.5 Å². The second-order valence-corrected chi connectivity index (χ2v) is 7.60. The SMILES string of the molecule is CCc1cccc(C)c1NS(=O)(=O)c1ccc(O[C@H](C)C(=O)NC)cc1. The molecule has 0 bridgehead atoms. The Morgan fingerprint density at radius 3 is 2.38 bits per heavy atom. The van der Waals surface area contributed by atoms with E-state index in [9.17, 15) is 13.2 Å². The summed E-state index contributed by atoms with van der Waals surface area (Å²) in [7, 11) is -2.19. The molecule has 0 heterocycles. The van der Waals surface area contributed by atoms with E-state index in [2.05, 4.69) is 10.0 Å².